The first-order valence-electron chi connectivity index (χ1n) is 10.4. The van der Waals surface area contributed by atoms with Crippen LogP contribution in [0.25, 0.3) is 11.4 Å². The van der Waals surface area contributed by atoms with Gasteiger partial charge < -0.3 is 4.90 Å². The molecule has 0 atom stereocenters. The van der Waals surface area contributed by atoms with E-state index in [1.165, 1.54) is 10.9 Å². The van der Waals surface area contributed by atoms with E-state index in [-0.39, 0.29) is 18.3 Å². The molecular formula is C22H26FN5OS. The van der Waals surface area contributed by atoms with E-state index in [2.05, 4.69) is 22.0 Å². The lowest BCUT2D eigenvalue weighted by atomic mass is 10.2. The Bertz CT molecular complexity index is 1050. The second-order valence-electron chi connectivity index (χ2n) is 7.68. The molecule has 0 saturated heterocycles. The minimum atomic E-state index is -0.332. The van der Waals surface area contributed by atoms with Gasteiger partial charge in [0.1, 0.15) is 18.1 Å². The Morgan fingerprint density at radius 2 is 1.97 bits per heavy atom. The molecule has 0 spiro atoms. The van der Waals surface area contributed by atoms with E-state index in [0.717, 1.165) is 42.1 Å². The average Bonchev–Trinajstić information content (AvgIpc) is 3.21. The maximum atomic E-state index is 13.6. The van der Waals surface area contributed by atoms with Gasteiger partial charge in [-0.3, -0.25) is 9.48 Å². The first kappa shape index (κ1) is 20.7. The third-order valence-corrected chi connectivity index (χ3v) is 6.48. The Morgan fingerprint density at radius 3 is 2.73 bits per heavy atom. The molecule has 1 aliphatic heterocycles. The van der Waals surface area contributed by atoms with Crippen molar-refractivity contribution in [1.82, 2.24) is 24.6 Å². The van der Waals surface area contributed by atoms with Crippen LogP contribution in [-0.2, 0) is 30.6 Å². The van der Waals surface area contributed by atoms with E-state index in [1.54, 1.807) is 29.0 Å². The van der Waals surface area contributed by atoms with Crippen LogP contribution in [0.3, 0.4) is 0 Å². The van der Waals surface area contributed by atoms with Crippen molar-refractivity contribution in [3.63, 3.8) is 0 Å². The fraction of sp³-hybridized carbons (Fsp3) is 0.455. The maximum Gasteiger partial charge on any atom is 0.244 e. The highest BCUT2D eigenvalue weighted by molar-refractivity contribution is 7.11. The predicted molar refractivity (Wildman–Crippen MR) is 115 cm³/mol. The molecule has 0 radical (unpaired) electrons. The molecule has 0 fully saturated rings. The fourth-order valence-corrected chi connectivity index (χ4v) is 4.80. The van der Waals surface area contributed by atoms with Gasteiger partial charge in [-0.2, -0.15) is 5.10 Å². The van der Waals surface area contributed by atoms with E-state index >= 15 is 0 Å². The minimum absolute atomic E-state index is 0.0668. The summed E-state index contributed by atoms with van der Waals surface area (Å²) < 4.78 is 15.4. The van der Waals surface area contributed by atoms with Crippen molar-refractivity contribution in [1.29, 1.82) is 0 Å². The lowest BCUT2D eigenvalue weighted by Gasteiger charge is -2.20. The zero-order chi connectivity index (χ0) is 21.3. The Balaban J connectivity index is 1.51. The number of pyridine rings is 1. The Kier molecular flexibility index (Phi) is 5.94. The minimum Gasteiger partial charge on any atom is -0.340 e. The lowest BCUT2D eigenvalue weighted by Crippen LogP contribution is -2.36. The van der Waals surface area contributed by atoms with Crippen molar-refractivity contribution < 1.29 is 9.18 Å². The van der Waals surface area contributed by atoms with Crippen LogP contribution in [0.5, 0.6) is 0 Å². The van der Waals surface area contributed by atoms with Gasteiger partial charge in [-0.1, -0.05) is 13.3 Å². The van der Waals surface area contributed by atoms with Crippen molar-refractivity contribution in [3.05, 3.63) is 51.0 Å². The van der Waals surface area contributed by atoms with E-state index in [0.29, 0.717) is 30.2 Å². The summed E-state index contributed by atoms with van der Waals surface area (Å²) >= 11 is 1.73. The van der Waals surface area contributed by atoms with Gasteiger partial charge in [0.05, 0.1) is 22.1 Å². The number of fused-ring (bicyclic) bond motifs is 1. The second-order valence-corrected chi connectivity index (χ2v) is 8.96. The van der Waals surface area contributed by atoms with Crippen LogP contribution >= 0.6 is 11.3 Å². The molecule has 4 heterocycles. The number of aromatic nitrogens is 4. The van der Waals surface area contributed by atoms with Gasteiger partial charge >= 0.3 is 0 Å². The molecule has 1 amide bonds. The largest absolute Gasteiger partial charge is 0.340 e. The Labute approximate surface area is 179 Å². The van der Waals surface area contributed by atoms with Gasteiger partial charge in [-0.25, -0.2) is 14.4 Å². The van der Waals surface area contributed by atoms with E-state index in [1.807, 2.05) is 17.9 Å². The van der Waals surface area contributed by atoms with E-state index < -0.39 is 0 Å². The first-order chi connectivity index (χ1) is 14.4. The topological polar surface area (TPSA) is 63.9 Å². The summed E-state index contributed by atoms with van der Waals surface area (Å²) in [5, 5.41) is 5.74. The number of rotatable bonds is 5. The summed E-state index contributed by atoms with van der Waals surface area (Å²) in [7, 11) is 0. The van der Waals surface area contributed by atoms with Gasteiger partial charge in [-0.05, 0) is 38.5 Å². The highest BCUT2D eigenvalue weighted by Gasteiger charge is 2.22. The van der Waals surface area contributed by atoms with Crippen LogP contribution in [-0.4, -0.2) is 43.6 Å². The van der Waals surface area contributed by atoms with Crippen LogP contribution in [0, 0.1) is 19.7 Å². The summed E-state index contributed by atoms with van der Waals surface area (Å²) in [6.07, 6.45) is 3.43. The average molecular weight is 428 g/mol. The molecule has 0 unspecified atom stereocenters. The van der Waals surface area contributed by atoms with Crippen molar-refractivity contribution >= 4 is 17.2 Å². The van der Waals surface area contributed by atoms with E-state index in [4.69, 9.17) is 0 Å². The predicted octanol–water partition coefficient (Wildman–Crippen LogP) is 3.74. The number of halogens is 1. The lowest BCUT2D eigenvalue weighted by molar-refractivity contribution is -0.132. The molecule has 30 heavy (non-hydrogen) atoms. The second kappa shape index (κ2) is 8.63. The van der Waals surface area contributed by atoms with Crippen molar-refractivity contribution in [2.75, 3.05) is 13.1 Å². The normalized spacial score (nSPS) is 13.9. The first-order valence-corrected chi connectivity index (χ1v) is 11.2. The molecule has 0 aliphatic carbocycles. The number of thiazole rings is 1. The van der Waals surface area contributed by atoms with Gasteiger partial charge in [0.25, 0.3) is 0 Å². The Morgan fingerprint density at radius 1 is 1.17 bits per heavy atom. The number of carbonyl (C=O) groups excluding carboxylic acids is 1. The number of carbonyl (C=O) groups is 1. The smallest absolute Gasteiger partial charge is 0.244 e. The summed E-state index contributed by atoms with van der Waals surface area (Å²) in [5.74, 6) is -0.265. The number of nitrogens with zero attached hydrogens (tertiary/aromatic N) is 5. The number of hydrogen-bond acceptors (Lipinski definition) is 5. The third kappa shape index (κ3) is 4.28. The molecule has 0 saturated carbocycles. The van der Waals surface area contributed by atoms with Gasteiger partial charge in [0.15, 0.2) is 0 Å². The molecular weight excluding hydrogens is 401 g/mol. The maximum absolute atomic E-state index is 13.6. The monoisotopic (exact) mass is 427 g/mol. The summed E-state index contributed by atoms with van der Waals surface area (Å²) in [4.78, 5) is 25.2. The van der Waals surface area contributed by atoms with Gasteiger partial charge in [-0.15, -0.1) is 11.3 Å². The Hall–Kier alpha value is -2.61. The number of aryl methyl sites for hydroxylation is 3. The van der Waals surface area contributed by atoms with Crippen molar-refractivity contribution in [3.8, 4) is 11.4 Å². The van der Waals surface area contributed by atoms with Crippen LogP contribution in [0.2, 0.25) is 0 Å². The standard InChI is InChI=1S/C22H26FN5OS/c1-4-5-16-12-20(18-7-6-17(23)14(2)24-18)26-28(16)13-22(29)27-10-8-19-21(9-11-27)30-15(3)25-19/h6-7,12H,4-5,8-11,13H2,1-3H3. The summed E-state index contributed by atoms with van der Waals surface area (Å²) in [6.45, 7) is 7.37. The van der Waals surface area contributed by atoms with Gasteiger partial charge in [0.2, 0.25) is 5.91 Å². The molecule has 8 heteroatoms. The summed E-state index contributed by atoms with van der Waals surface area (Å²) in [5.41, 5.74) is 3.77. The highest BCUT2D eigenvalue weighted by Crippen LogP contribution is 2.23. The number of amides is 1. The zero-order valence-corrected chi connectivity index (χ0v) is 18.4. The zero-order valence-electron chi connectivity index (χ0n) is 17.6. The van der Waals surface area contributed by atoms with Crippen molar-refractivity contribution in [2.24, 2.45) is 0 Å². The molecule has 0 bridgehead atoms. The van der Waals surface area contributed by atoms with Gasteiger partial charge in [0, 0.05) is 36.5 Å². The fourth-order valence-electron chi connectivity index (χ4n) is 3.83. The van der Waals surface area contributed by atoms with Crippen LogP contribution in [0.15, 0.2) is 18.2 Å². The number of hydrogen-bond donors (Lipinski definition) is 0. The molecule has 1 aliphatic rings. The SMILES string of the molecule is CCCc1cc(-c2ccc(F)c(C)n2)nn1CC(=O)N1CCc2nc(C)sc2CC1. The van der Waals surface area contributed by atoms with E-state index in [9.17, 15) is 9.18 Å². The molecule has 158 valence electrons. The molecule has 3 aromatic heterocycles. The molecule has 0 aromatic carbocycles. The highest BCUT2D eigenvalue weighted by atomic mass is 32.1. The third-order valence-electron chi connectivity index (χ3n) is 5.40. The van der Waals surface area contributed by atoms with Crippen molar-refractivity contribution in [2.45, 2.75) is 53.0 Å². The quantitative estimate of drug-likeness (QED) is 0.622. The molecule has 3 aromatic rings. The molecule has 4 rings (SSSR count). The van der Waals surface area contributed by atoms with Crippen LogP contribution in [0.1, 0.15) is 40.3 Å². The molecule has 6 nitrogen and oxygen atoms in total. The molecule has 0 N–H and O–H groups in total. The summed E-state index contributed by atoms with van der Waals surface area (Å²) in [6, 6.07) is 5.00. The van der Waals surface area contributed by atoms with Crippen LogP contribution < -0.4 is 0 Å². The van der Waals surface area contributed by atoms with Crippen LogP contribution in [0.4, 0.5) is 4.39 Å².